The van der Waals surface area contributed by atoms with Gasteiger partial charge >= 0.3 is 0 Å². The van der Waals surface area contributed by atoms with E-state index >= 15 is 0 Å². The molecule has 124 valence electrons. The number of halogens is 1. The molecule has 0 bridgehead atoms. The van der Waals surface area contributed by atoms with Gasteiger partial charge in [0.05, 0.1) is 6.54 Å². The van der Waals surface area contributed by atoms with Gasteiger partial charge in [-0.3, -0.25) is 0 Å². The fourth-order valence-electron chi connectivity index (χ4n) is 2.00. The van der Waals surface area contributed by atoms with Gasteiger partial charge in [-0.2, -0.15) is 0 Å². The van der Waals surface area contributed by atoms with E-state index in [2.05, 4.69) is 10.3 Å². The van der Waals surface area contributed by atoms with E-state index in [4.69, 9.17) is 17.2 Å². The van der Waals surface area contributed by atoms with Crippen molar-refractivity contribution in [1.82, 2.24) is 5.32 Å². The summed E-state index contributed by atoms with van der Waals surface area (Å²) in [6, 6.07) is 16.2. The Morgan fingerprint density at radius 1 is 0.783 bits per heavy atom. The molecule has 0 aliphatic carbocycles. The van der Waals surface area contributed by atoms with E-state index < -0.39 is 0 Å². The fourth-order valence-corrected chi connectivity index (χ4v) is 2.00. The molecule has 7 N–H and O–H groups in total. The summed E-state index contributed by atoms with van der Waals surface area (Å²) < 4.78 is 0. The van der Waals surface area contributed by atoms with Crippen LogP contribution in [0.25, 0.3) is 0 Å². The molecule has 0 aromatic heterocycles. The number of nitrogens with one attached hydrogen (secondary N) is 1. The molecule has 0 aliphatic rings. The van der Waals surface area contributed by atoms with E-state index in [9.17, 15) is 0 Å². The molecule has 0 atom stereocenters. The van der Waals surface area contributed by atoms with Crippen LogP contribution < -0.4 is 22.5 Å². The van der Waals surface area contributed by atoms with Crippen molar-refractivity contribution < 1.29 is 0 Å². The molecular formula is C17H24ClN5. The maximum atomic E-state index is 5.88. The van der Waals surface area contributed by atoms with Gasteiger partial charge in [-0.1, -0.05) is 48.5 Å². The van der Waals surface area contributed by atoms with Crippen LogP contribution in [0.3, 0.4) is 0 Å². The Kier molecular flexibility index (Phi) is 8.11. The lowest BCUT2D eigenvalue weighted by Gasteiger charge is -2.07. The molecule has 6 heteroatoms. The van der Waals surface area contributed by atoms with Gasteiger partial charge < -0.3 is 22.5 Å². The van der Waals surface area contributed by atoms with E-state index in [1.807, 2.05) is 48.5 Å². The van der Waals surface area contributed by atoms with Gasteiger partial charge in [0, 0.05) is 19.6 Å². The summed E-state index contributed by atoms with van der Waals surface area (Å²) >= 11 is 0. The van der Waals surface area contributed by atoms with Crippen molar-refractivity contribution in [3.8, 4) is 0 Å². The van der Waals surface area contributed by atoms with Crippen molar-refractivity contribution in [3.63, 3.8) is 0 Å². The highest BCUT2D eigenvalue weighted by Crippen LogP contribution is 2.05. The SMILES string of the molecule is Cl.NCc1ccc(CN=C(N)NCc2ccc(CN)cc2)cc1. The van der Waals surface area contributed by atoms with E-state index in [-0.39, 0.29) is 12.4 Å². The summed E-state index contributed by atoms with van der Waals surface area (Å²) in [5, 5.41) is 3.11. The molecule has 2 aromatic rings. The lowest BCUT2D eigenvalue weighted by atomic mass is 10.1. The summed E-state index contributed by atoms with van der Waals surface area (Å²) in [6.07, 6.45) is 0. The predicted molar refractivity (Wildman–Crippen MR) is 98.1 cm³/mol. The molecular weight excluding hydrogens is 310 g/mol. The molecule has 0 amide bonds. The largest absolute Gasteiger partial charge is 0.370 e. The van der Waals surface area contributed by atoms with E-state index in [1.165, 1.54) is 0 Å². The molecule has 0 saturated carbocycles. The predicted octanol–water partition coefficient (Wildman–Crippen LogP) is 1.63. The minimum Gasteiger partial charge on any atom is -0.370 e. The summed E-state index contributed by atoms with van der Waals surface area (Å²) in [4.78, 5) is 4.33. The van der Waals surface area contributed by atoms with Crippen molar-refractivity contribution in [2.45, 2.75) is 26.2 Å². The first-order valence-electron chi connectivity index (χ1n) is 7.31. The second-order valence-corrected chi connectivity index (χ2v) is 5.10. The van der Waals surface area contributed by atoms with Crippen LogP contribution in [0.5, 0.6) is 0 Å². The Morgan fingerprint density at radius 2 is 1.22 bits per heavy atom. The highest BCUT2D eigenvalue weighted by Gasteiger charge is 1.97. The molecule has 0 aliphatic heterocycles. The Balaban J connectivity index is 0.00000264. The van der Waals surface area contributed by atoms with Gasteiger partial charge in [-0.25, -0.2) is 4.99 Å². The zero-order valence-corrected chi connectivity index (χ0v) is 13.9. The third kappa shape index (κ3) is 6.28. The molecule has 0 fully saturated rings. The van der Waals surface area contributed by atoms with Crippen LogP contribution in [-0.4, -0.2) is 5.96 Å². The summed E-state index contributed by atoms with van der Waals surface area (Å²) in [6.45, 7) is 2.30. The third-order valence-electron chi connectivity index (χ3n) is 3.42. The Hall–Kier alpha value is -2.08. The minimum atomic E-state index is 0. The van der Waals surface area contributed by atoms with Crippen molar-refractivity contribution in [2.75, 3.05) is 0 Å². The molecule has 0 radical (unpaired) electrons. The number of rotatable bonds is 6. The molecule has 0 spiro atoms. The second kappa shape index (κ2) is 9.84. The number of hydrogen-bond acceptors (Lipinski definition) is 3. The van der Waals surface area contributed by atoms with Crippen LogP contribution in [0.4, 0.5) is 0 Å². The van der Waals surface area contributed by atoms with Gasteiger partial charge in [0.1, 0.15) is 0 Å². The number of guanidine groups is 1. The van der Waals surface area contributed by atoms with Crippen LogP contribution in [0, 0.1) is 0 Å². The van der Waals surface area contributed by atoms with E-state index in [1.54, 1.807) is 0 Å². The number of nitrogens with zero attached hydrogens (tertiary/aromatic N) is 1. The molecule has 23 heavy (non-hydrogen) atoms. The Bertz CT molecular complexity index is 608. The van der Waals surface area contributed by atoms with Crippen LogP contribution >= 0.6 is 12.4 Å². The van der Waals surface area contributed by atoms with Gasteiger partial charge in [-0.15, -0.1) is 12.4 Å². The summed E-state index contributed by atoms with van der Waals surface area (Å²) in [5.74, 6) is 0.436. The second-order valence-electron chi connectivity index (χ2n) is 5.10. The zero-order valence-electron chi connectivity index (χ0n) is 13.0. The Morgan fingerprint density at radius 3 is 1.70 bits per heavy atom. The van der Waals surface area contributed by atoms with Gasteiger partial charge in [-0.05, 0) is 22.3 Å². The summed E-state index contributed by atoms with van der Waals surface area (Å²) in [7, 11) is 0. The first-order chi connectivity index (χ1) is 10.7. The fraction of sp³-hybridized carbons (Fsp3) is 0.235. The van der Waals surface area contributed by atoms with Gasteiger partial charge in [0.2, 0.25) is 0 Å². The van der Waals surface area contributed by atoms with Crippen molar-refractivity contribution in [1.29, 1.82) is 0 Å². The molecule has 2 aromatic carbocycles. The quantitative estimate of drug-likeness (QED) is 0.476. The zero-order chi connectivity index (χ0) is 15.8. The molecule has 2 rings (SSSR count). The molecule has 0 saturated heterocycles. The van der Waals surface area contributed by atoms with Crippen LogP contribution in [0.1, 0.15) is 22.3 Å². The third-order valence-corrected chi connectivity index (χ3v) is 3.42. The average Bonchev–Trinajstić information content (AvgIpc) is 2.59. The van der Waals surface area contributed by atoms with E-state index in [0.717, 1.165) is 22.3 Å². The van der Waals surface area contributed by atoms with Crippen LogP contribution in [0.15, 0.2) is 53.5 Å². The van der Waals surface area contributed by atoms with Crippen LogP contribution in [-0.2, 0) is 26.2 Å². The topological polar surface area (TPSA) is 102 Å². The van der Waals surface area contributed by atoms with Crippen LogP contribution in [0.2, 0.25) is 0 Å². The molecule has 0 heterocycles. The minimum absolute atomic E-state index is 0. The maximum absolute atomic E-state index is 5.88. The number of hydrogen-bond donors (Lipinski definition) is 4. The first-order valence-corrected chi connectivity index (χ1v) is 7.31. The van der Waals surface area contributed by atoms with Gasteiger partial charge in [0.25, 0.3) is 0 Å². The van der Waals surface area contributed by atoms with E-state index in [0.29, 0.717) is 32.1 Å². The normalized spacial score (nSPS) is 11.0. The monoisotopic (exact) mass is 333 g/mol. The lowest BCUT2D eigenvalue weighted by molar-refractivity contribution is 0.883. The number of nitrogens with two attached hydrogens (primary N) is 3. The standard InChI is InChI=1S/C17H23N5.ClH/c18-9-13-1-5-15(6-2-13)11-21-17(20)22-12-16-7-3-14(10-19)4-8-16;/h1-8H,9-12,18-19H2,(H3,20,21,22);1H. The highest BCUT2D eigenvalue weighted by atomic mass is 35.5. The average molecular weight is 334 g/mol. The lowest BCUT2D eigenvalue weighted by Crippen LogP contribution is -2.31. The van der Waals surface area contributed by atoms with Crippen molar-refractivity contribution >= 4 is 18.4 Å². The molecule has 0 unspecified atom stereocenters. The highest BCUT2D eigenvalue weighted by molar-refractivity contribution is 5.85. The van der Waals surface area contributed by atoms with Crippen molar-refractivity contribution in [3.05, 3.63) is 70.8 Å². The summed E-state index contributed by atoms with van der Waals surface area (Å²) in [5.41, 5.74) is 21.5. The Labute approximate surface area is 143 Å². The maximum Gasteiger partial charge on any atom is 0.189 e. The molecule has 5 nitrogen and oxygen atoms in total. The smallest absolute Gasteiger partial charge is 0.189 e. The van der Waals surface area contributed by atoms with Gasteiger partial charge in [0.15, 0.2) is 5.96 Å². The number of aliphatic imine (C=N–C) groups is 1. The number of benzene rings is 2. The van der Waals surface area contributed by atoms with Crippen molar-refractivity contribution in [2.24, 2.45) is 22.2 Å². The first kappa shape index (κ1) is 19.0.